The first-order chi connectivity index (χ1) is 15.5. The highest BCUT2D eigenvalue weighted by Gasteiger charge is 2.33. The summed E-state index contributed by atoms with van der Waals surface area (Å²) < 4.78 is 10.9. The first-order valence-electron chi connectivity index (χ1n) is 9.65. The molecule has 164 valence electrons. The van der Waals surface area contributed by atoms with E-state index in [0.717, 1.165) is 0 Å². The largest absolute Gasteiger partial charge is 0.463 e. The molecule has 0 fully saturated rings. The van der Waals surface area contributed by atoms with Crippen molar-refractivity contribution < 1.29 is 18.7 Å². The number of rotatable bonds is 7. The van der Waals surface area contributed by atoms with Gasteiger partial charge in [0.25, 0.3) is 5.22 Å². The molecule has 1 aromatic carbocycles. The van der Waals surface area contributed by atoms with Crippen molar-refractivity contribution in [3.63, 3.8) is 0 Å². The summed E-state index contributed by atoms with van der Waals surface area (Å²) in [4.78, 5) is 29.2. The minimum Gasteiger partial charge on any atom is -0.463 e. The van der Waals surface area contributed by atoms with Gasteiger partial charge in [0.1, 0.15) is 0 Å². The fraction of sp³-hybridized carbons (Fsp3) is 0.190. The second kappa shape index (κ2) is 9.84. The number of esters is 1. The highest BCUT2D eigenvalue weighted by atomic mass is 35.5. The number of ether oxygens (including phenoxy) is 1. The molecule has 32 heavy (non-hydrogen) atoms. The number of aromatic nitrogens is 3. The summed E-state index contributed by atoms with van der Waals surface area (Å²) >= 11 is 7.18. The first kappa shape index (κ1) is 21.8. The average molecular weight is 472 g/mol. The number of nitrogens with zero attached hydrogens (tertiary/aromatic N) is 3. The lowest BCUT2D eigenvalue weighted by molar-refractivity contribution is -0.139. The summed E-state index contributed by atoms with van der Waals surface area (Å²) in [6.45, 7) is 1.92. The lowest BCUT2D eigenvalue weighted by atomic mass is 9.95. The van der Waals surface area contributed by atoms with Crippen LogP contribution in [0.15, 0.2) is 69.7 Å². The van der Waals surface area contributed by atoms with Crippen LogP contribution in [0.4, 0.5) is 4.79 Å². The smallest absolute Gasteiger partial charge is 0.338 e. The molecule has 1 aliphatic rings. The molecule has 0 spiro atoms. The van der Waals surface area contributed by atoms with E-state index in [0.29, 0.717) is 33.3 Å². The van der Waals surface area contributed by atoms with Crippen molar-refractivity contribution in [3.8, 4) is 11.5 Å². The molecule has 0 saturated heterocycles. The van der Waals surface area contributed by atoms with Crippen LogP contribution in [0, 0.1) is 0 Å². The Balaban J connectivity index is 1.61. The number of nitrogens with one attached hydrogen (secondary N) is 2. The summed E-state index contributed by atoms with van der Waals surface area (Å²) in [6.07, 6.45) is 3.27. The molecule has 1 atom stereocenters. The lowest BCUT2D eigenvalue weighted by Crippen LogP contribution is -2.46. The minimum absolute atomic E-state index is 0.197. The Hall–Kier alpha value is -3.37. The van der Waals surface area contributed by atoms with Gasteiger partial charge >= 0.3 is 12.0 Å². The summed E-state index contributed by atoms with van der Waals surface area (Å²) in [5.41, 5.74) is 2.09. The van der Waals surface area contributed by atoms with E-state index in [9.17, 15) is 9.59 Å². The fourth-order valence-corrected chi connectivity index (χ4v) is 3.95. The van der Waals surface area contributed by atoms with E-state index in [1.54, 1.807) is 55.7 Å². The molecule has 1 unspecified atom stereocenters. The van der Waals surface area contributed by atoms with Crippen molar-refractivity contribution in [1.29, 1.82) is 0 Å². The van der Waals surface area contributed by atoms with Crippen molar-refractivity contribution in [2.45, 2.75) is 18.2 Å². The van der Waals surface area contributed by atoms with E-state index in [-0.39, 0.29) is 17.6 Å². The van der Waals surface area contributed by atoms with Crippen LogP contribution in [0.5, 0.6) is 0 Å². The summed E-state index contributed by atoms with van der Waals surface area (Å²) in [7, 11) is 0. The standard InChI is InChI=1S/C21H18ClN5O4S/c1-2-30-19(28)16-15(24-20(29)25-17(16)12-5-7-14(22)8-6-12)11-32-21-27-26-18(31-21)13-4-3-9-23-10-13/h3-10,17H,2,11H2,1H3,(H2,24,25,29). The van der Waals surface area contributed by atoms with Gasteiger partial charge in [0.15, 0.2) is 0 Å². The number of carbonyl (C=O) groups is 2. The van der Waals surface area contributed by atoms with Crippen LogP contribution in [0.1, 0.15) is 18.5 Å². The van der Waals surface area contributed by atoms with Gasteiger partial charge in [0, 0.05) is 28.9 Å². The van der Waals surface area contributed by atoms with E-state index in [1.807, 2.05) is 0 Å². The quantitative estimate of drug-likeness (QED) is 0.395. The number of benzene rings is 1. The van der Waals surface area contributed by atoms with Gasteiger partial charge in [0.2, 0.25) is 5.89 Å². The molecule has 4 rings (SSSR count). The van der Waals surface area contributed by atoms with Crippen molar-refractivity contribution in [2.24, 2.45) is 0 Å². The number of carbonyl (C=O) groups excluding carboxylic acids is 2. The molecule has 1 aliphatic heterocycles. The number of amides is 2. The Bertz CT molecular complexity index is 1150. The van der Waals surface area contributed by atoms with Gasteiger partial charge in [-0.3, -0.25) is 4.98 Å². The highest BCUT2D eigenvalue weighted by molar-refractivity contribution is 7.99. The number of thioether (sulfide) groups is 1. The van der Waals surface area contributed by atoms with E-state index >= 15 is 0 Å². The zero-order valence-corrected chi connectivity index (χ0v) is 18.4. The Labute approximate surface area is 192 Å². The molecule has 11 heteroatoms. The molecule has 2 aromatic heterocycles. The molecule has 0 bridgehead atoms. The number of hydrogen-bond donors (Lipinski definition) is 2. The van der Waals surface area contributed by atoms with Gasteiger partial charge in [-0.15, -0.1) is 10.2 Å². The fourth-order valence-electron chi connectivity index (χ4n) is 3.09. The number of hydrogen-bond acceptors (Lipinski definition) is 8. The number of halogens is 1. The van der Waals surface area contributed by atoms with Crippen molar-refractivity contribution in [1.82, 2.24) is 25.8 Å². The van der Waals surface area contributed by atoms with Crippen LogP contribution in [0.2, 0.25) is 5.02 Å². The lowest BCUT2D eigenvalue weighted by Gasteiger charge is -2.29. The second-order valence-corrected chi connectivity index (χ2v) is 7.96. The summed E-state index contributed by atoms with van der Waals surface area (Å²) in [5.74, 6) is 0.00562. The first-order valence-corrected chi connectivity index (χ1v) is 11.0. The molecule has 0 saturated carbocycles. The second-order valence-electron chi connectivity index (χ2n) is 6.60. The predicted molar refractivity (Wildman–Crippen MR) is 118 cm³/mol. The molecule has 2 N–H and O–H groups in total. The number of pyridine rings is 1. The zero-order chi connectivity index (χ0) is 22.5. The van der Waals surface area contributed by atoms with Crippen molar-refractivity contribution in [2.75, 3.05) is 12.4 Å². The van der Waals surface area contributed by atoms with Crippen LogP contribution in [-0.2, 0) is 9.53 Å². The van der Waals surface area contributed by atoms with Gasteiger partial charge in [-0.05, 0) is 36.8 Å². The molecule has 3 aromatic rings. The van der Waals surface area contributed by atoms with E-state index in [2.05, 4.69) is 25.8 Å². The van der Waals surface area contributed by atoms with Crippen molar-refractivity contribution in [3.05, 3.63) is 70.6 Å². The molecular formula is C21H18ClN5O4S. The Morgan fingerprint density at radius 3 is 2.78 bits per heavy atom. The molecule has 2 amide bonds. The Morgan fingerprint density at radius 2 is 2.06 bits per heavy atom. The van der Waals surface area contributed by atoms with Gasteiger partial charge in [0.05, 0.1) is 23.8 Å². The predicted octanol–water partition coefficient (Wildman–Crippen LogP) is 3.75. The zero-order valence-electron chi connectivity index (χ0n) is 16.9. The topological polar surface area (TPSA) is 119 Å². The summed E-state index contributed by atoms with van der Waals surface area (Å²) in [5, 5.41) is 14.4. The maximum Gasteiger partial charge on any atom is 0.338 e. The van der Waals surface area contributed by atoms with Crippen LogP contribution < -0.4 is 10.6 Å². The molecular weight excluding hydrogens is 454 g/mol. The maximum absolute atomic E-state index is 12.8. The number of urea groups is 1. The SMILES string of the molecule is CCOC(=O)C1=C(CSc2nnc(-c3cccnc3)o2)NC(=O)NC1c1ccc(Cl)cc1. The van der Waals surface area contributed by atoms with E-state index in [1.165, 1.54) is 11.8 Å². The van der Waals surface area contributed by atoms with Crippen molar-refractivity contribution >= 4 is 35.4 Å². The molecule has 9 nitrogen and oxygen atoms in total. The summed E-state index contributed by atoms with van der Waals surface area (Å²) in [6, 6.07) is 9.34. The Kier molecular flexibility index (Phi) is 6.72. The Morgan fingerprint density at radius 1 is 1.25 bits per heavy atom. The van der Waals surface area contributed by atoms with Gasteiger partial charge in [-0.25, -0.2) is 9.59 Å². The van der Waals surface area contributed by atoms with Gasteiger partial charge < -0.3 is 19.8 Å². The normalized spacial score (nSPS) is 15.8. The van der Waals surface area contributed by atoms with Crippen LogP contribution >= 0.6 is 23.4 Å². The highest BCUT2D eigenvalue weighted by Crippen LogP contribution is 2.31. The molecule has 0 aliphatic carbocycles. The maximum atomic E-state index is 12.8. The monoisotopic (exact) mass is 471 g/mol. The third-order valence-electron chi connectivity index (χ3n) is 4.51. The van der Waals surface area contributed by atoms with Crippen LogP contribution in [0.3, 0.4) is 0 Å². The molecule has 0 radical (unpaired) electrons. The third kappa shape index (κ3) is 4.92. The van der Waals surface area contributed by atoms with Crippen LogP contribution in [0.25, 0.3) is 11.5 Å². The van der Waals surface area contributed by atoms with Crippen LogP contribution in [-0.4, -0.2) is 39.5 Å². The minimum atomic E-state index is -0.690. The van der Waals surface area contributed by atoms with Gasteiger partial charge in [-0.2, -0.15) is 0 Å². The average Bonchev–Trinajstić information content (AvgIpc) is 3.27. The molecule has 3 heterocycles. The van der Waals surface area contributed by atoms with Gasteiger partial charge in [-0.1, -0.05) is 35.5 Å². The van der Waals surface area contributed by atoms with E-state index in [4.69, 9.17) is 20.8 Å². The third-order valence-corrected chi connectivity index (χ3v) is 5.60. The van der Waals surface area contributed by atoms with E-state index < -0.39 is 18.0 Å².